The molecule has 1 aliphatic carbocycles. The molecule has 0 atom stereocenters. The Labute approximate surface area is 163 Å². The summed E-state index contributed by atoms with van der Waals surface area (Å²) in [6, 6.07) is 7.28. The van der Waals surface area contributed by atoms with Crippen LogP contribution in [-0.2, 0) is 17.8 Å². The van der Waals surface area contributed by atoms with Gasteiger partial charge in [-0.1, -0.05) is 12.1 Å². The Bertz CT molecular complexity index is 883. The van der Waals surface area contributed by atoms with Crippen LogP contribution in [0.4, 0.5) is 0 Å². The van der Waals surface area contributed by atoms with Crippen LogP contribution in [0.5, 0.6) is 5.75 Å². The second-order valence-corrected chi connectivity index (χ2v) is 6.93. The van der Waals surface area contributed by atoms with Gasteiger partial charge in [0.15, 0.2) is 5.78 Å². The zero-order chi connectivity index (χ0) is 20.1. The van der Waals surface area contributed by atoms with Crippen LogP contribution in [-0.4, -0.2) is 34.4 Å². The highest BCUT2D eigenvalue weighted by atomic mass is 16.5. The number of aromatic amines is 1. The molecule has 3 rings (SSSR count). The van der Waals surface area contributed by atoms with Gasteiger partial charge in [-0.3, -0.25) is 14.4 Å². The van der Waals surface area contributed by atoms with Gasteiger partial charge in [-0.05, 0) is 49.4 Å². The first kappa shape index (κ1) is 19.7. The van der Waals surface area contributed by atoms with Crippen molar-refractivity contribution in [2.75, 3.05) is 6.61 Å². The fourth-order valence-electron chi connectivity index (χ4n) is 3.39. The van der Waals surface area contributed by atoms with Gasteiger partial charge in [-0.2, -0.15) is 0 Å². The van der Waals surface area contributed by atoms with Crippen LogP contribution >= 0.6 is 0 Å². The maximum absolute atomic E-state index is 12.5. The maximum atomic E-state index is 12.5. The van der Waals surface area contributed by atoms with Crippen molar-refractivity contribution < 1.29 is 24.2 Å². The first-order valence-corrected chi connectivity index (χ1v) is 9.42. The SMILES string of the molecule is Cc1c(C(=O)NCc2ccc(OCCCC(=O)O)cc2)[nH]c2c1C(=O)CCC2. The van der Waals surface area contributed by atoms with Crippen molar-refractivity contribution in [1.82, 2.24) is 10.3 Å². The first-order valence-electron chi connectivity index (χ1n) is 9.42. The van der Waals surface area contributed by atoms with Crippen molar-refractivity contribution >= 4 is 17.7 Å². The topological polar surface area (TPSA) is 108 Å². The number of aryl methyl sites for hydroxylation is 1. The van der Waals surface area contributed by atoms with Gasteiger partial charge in [0.2, 0.25) is 0 Å². The van der Waals surface area contributed by atoms with Gasteiger partial charge in [0.25, 0.3) is 5.91 Å². The number of hydrogen-bond acceptors (Lipinski definition) is 4. The summed E-state index contributed by atoms with van der Waals surface area (Å²) in [6.45, 7) is 2.51. The largest absolute Gasteiger partial charge is 0.494 e. The van der Waals surface area contributed by atoms with Crippen LogP contribution in [0.25, 0.3) is 0 Å². The van der Waals surface area contributed by atoms with E-state index in [1.807, 2.05) is 19.1 Å². The lowest BCUT2D eigenvalue weighted by Gasteiger charge is -2.09. The minimum atomic E-state index is -0.836. The van der Waals surface area contributed by atoms with E-state index in [1.54, 1.807) is 12.1 Å². The monoisotopic (exact) mass is 384 g/mol. The van der Waals surface area contributed by atoms with Crippen molar-refractivity contribution in [1.29, 1.82) is 0 Å². The molecule has 2 aromatic rings. The number of ether oxygens (including phenoxy) is 1. The molecular formula is C21H24N2O5. The number of carbonyl (C=O) groups excluding carboxylic acids is 2. The second-order valence-electron chi connectivity index (χ2n) is 6.93. The molecule has 0 unspecified atom stereocenters. The average molecular weight is 384 g/mol. The highest BCUT2D eigenvalue weighted by molar-refractivity contribution is 6.04. The molecule has 1 heterocycles. The molecule has 0 bridgehead atoms. The molecule has 0 spiro atoms. The molecule has 7 nitrogen and oxygen atoms in total. The molecule has 3 N–H and O–H groups in total. The van der Waals surface area contributed by atoms with E-state index < -0.39 is 5.97 Å². The predicted molar refractivity (Wildman–Crippen MR) is 103 cm³/mol. The summed E-state index contributed by atoms with van der Waals surface area (Å²) in [5.74, 6) is -0.300. The standard InChI is InChI=1S/C21H24N2O5/c1-13-19-16(4-2-5-17(19)24)23-20(13)21(27)22-12-14-7-9-15(10-8-14)28-11-3-6-18(25)26/h7-10,23H,2-6,11-12H2,1H3,(H,22,27)(H,25,26). The molecular weight excluding hydrogens is 360 g/mol. The molecule has 1 aliphatic rings. The summed E-state index contributed by atoms with van der Waals surface area (Å²) in [7, 11) is 0. The zero-order valence-corrected chi connectivity index (χ0v) is 15.8. The van der Waals surface area contributed by atoms with Crippen molar-refractivity contribution in [3.8, 4) is 5.75 Å². The summed E-state index contributed by atoms with van der Waals surface area (Å²) in [5, 5.41) is 11.5. The van der Waals surface area contributed by atoms with E-state index in [4.69, 9.17) is 9.84 Å². The summed E-state index contributed by atoms with van der Waals surface area (Å²) >= 11 is 0. The number of aliphatic carboxylic acids is 1. The Hall–Kier alpha value is -3.09. The summed E-state index contributed by atoms with van der Waals surface area (Å²) in [5.41, 5.74) is 3.64. The maximum Gasteiger partial charge on any atom is 0.303 e. The molecule has 28 heavy (non-hydrogen) atoms. The van der Waals surface area contributed by atoms with Crippen molar-refractivity contribution in [3.05, 3.63) is 52.3 Å². The molecule has 0 aliphatic heterocycles. The van der Waals surface area contributed by atoms with Crippen LogP contribution in [0.1, 0.15) is 63.4 Å². The van der Waals surface area contributed by atoms with Crippen molar-refractivity contribution in [2.45, 2.75) is 45.6 Å². The van der Waals surface area contributed by atoms with Gasteiger partial charge < -0.3 is 20.1 Å². The number of nitrogens with one attached hydrogen (secondary N) is 2. The summed E-state index contributed by atoms with van der Waals surface area (Å²) < 4.78 is 5.49. The molecule has 1 aromatic heterocycles. The van der Waals surface area contributed by atoms with Gasteiger partial charge in [0.05, 0.1) is 6.61 Å². The lowest BCUT2D eigenvalue weighted by atomic mass is 9.94. The van der Waals surface area contributed by atoms with Crippen LogP contribution in [0.15, 0.2) is 24.3 Å². The predicted octanol–water partition coefficient (Wildman–Crippen LogP) is 3.02. The van der Waals surface area contributed by atoms with E-state index in [1.165, 1.54) is 0 Å². The van der Waals surface area contributed by atoms with Crippen molar-refractivity contribution in [3.63, 3.8) is 0 Å². The number of ketones is 1. The minimum Gasteiger partial charge on any atom is -0.494 e. The number of fused-ring (bicyclic) bond motifs is 1. The number of Topliss-reactive ketones (excluding diaryl/α,β-unsaturated/α-hetero) is 1. The normalized spacial score (nSPS) is 13.1. The van der Waals surface area contributed by atoms with E-state index in [2.05, 4.69) is 10.3 Å². The summed E-state index contributed by atoms with van der Waals surface area (Å²) in [4.78, 5) is 38.2. The number of carboxylic acid groups (broad SMARTS) is 1. The molecule has 0 saturated carbocycles. The fourth-order valence-corrected chi connectivity index (χ4v) is 3.39. The van der Waals surface area contributed by atoms with Crippen LogP contribution in [0, 0.1) is 6.92 Å². The zero-order valence-electron chi connectivity index (χ0n) is 15.8. The van der Waals surface area contributed by atoms with Crippen LogP contribution < -0.4 is 10.1 Å². The Balaban J connectivity index is 1.54. The third-order valence-corrected chi connectivity index (χ3v) is 4.84. The van der Waals surface area contributed by atoms with Crippen molar-refractivity contribution in [2.24, 2.45) is 0 Å². The molecule has 0 saturated heterocycles. The Morgan fingerprint density at radius 3 is 2.64 bits per heavy atom. The number of hydrogen-bond donors (Lipinski definition) is 3. The molecule has 148 valence electrons. The quantitative estimate of drug-likeness (QED) is 0.606. The van der Waals surface area contributed by atoms with Gasteiger partial charge in [0, 0.05) is 30.6 Å². The Morgan fingerprint density at radius 2 is 1.96 bits per heavy atom. The van der Waals surface area contributed by atoms with Gasteiger partial charge in [-0.15, -0.1) is 0 Å². The lowest BCUT2D eigenvalue weighted by Crippen LogP contribution is -2.24. The first-order chi connectivity index (χ1) is 13.5. The number of benzene rings is 1. The Morgan fingerprint density at radius 1 is 1.21 bits per heavy atom. The van der Waals surface area contributed by atoms with Crippen LogP contribution in [0.3, 0.4) is 0 Å². The third-order valence-electron chi connectivity index (χ3n) is 4.84. The molecule has 1 amide bonds. The molecule has 0 radical (unpaired) electrons. The van der Waals surface area contributed by atoms with Gasteiger partial charge in [0.1, 0.15) is 11.4 Å². The van der Waals surface area contributed by atoms with E-state index in [-0.39, 0.29) is 18.1 Å². The number of carbonyl (C=O) groups is 3. The van der Waals surface area contributed by atoms with E-state index in [9.17, 15) is 14.4 Å². The minimum absolute atomic E-state index is 0.0807. The number of rotatable bonds is 8. The highest BCUT2D eigenvalue weighted by Crippen LogP contribution is 2.26. The van der Waals surface area contributed by atoms with E-state index in [0.717, 1.165) is 29.7 Å². The smallest absolute Gasteiger partial charge is 0.303 e. The average Bonchev–Trinajstić information content (AvgIpc) is 3.02. The number of aromatic nitrogens is 1. The summed E-state index contributed by atoms with van der Waals surface area (Å²) in [6.07, 6.45) is 2.69. The van der Waals surface area contributed by atoms with E-state index >= 15 is 0 Å². The molecule has 7 heteroatoms. The van der Waals surface area contributed by atoms with Gasteiger partial charge in [-0.25, -0.2) is 0 Å². The third kappa shape index (κ3) is 4.60. The number of H-pyrrole nitrogens is 1. The number of carboxylic acids is 1. The molecule has 1 aromatic carbocycles. The fraction of sp³-hybridized carbons (Fsp3) is 0.381. The molecule has 0 fully saturated rings. The second kappa shape index (κ2) is 8.73. The Kier molecular flexibility index (Phi) is 6.13. The lowest BCUT2D eigenvalue weighted by molar-refractivity contribution is -0.137. The van der Waals surface area contributed by atoms with E-state index in [0.29, 0.717) is 43.0 Å². The van der Waals surface area contributed by atoms with Gasteiger partial charge >= 0.3 is 5.97 Å². The van der Waals surface area contributed by atoms with Crippen LogP contribution in [0.2, 0.25) is 0 Å². The number of amides is 1. The highest BCUT2D eigenvalue weighted by Gasteiger charge is 2.26.